The number of piperazine rings is 1. The molecule has 1 atom stereocenters. The molecule has 1 aromatic carbocycles. The molecule has 2 aliphatic rings. The largest absolute Gasteiger partial charge is 0.351 e. The zero-order valence-electron chi connectivity index (χ0n) is 18.5. The van der Waals surface area contributed by atoms with Crippen molar-refractivity contribution in [2.75, 3.05) is 23.7 Å². The normalized spacial score (nSPS) is 23.7. The molecular weight excluding hydrogens is 421 g/mol. The SMILES string of the molecule is CCCS(=O)(=O)N1CC(=O)N(c2ccc(C)c(F)c2)[C@@](C)(C(=O)NC2CCCCC2)C1. The summed E-state index contributed by atoms with van der Waals surface area (Å²) in [7, 11) is -3.69. The average molecular weight is 454 g/mol. The highest BCUT2D eigenvalue weighted by Crippen LogP contribution is 2.32. The first-order chi connectivity index (χ1) is 14.6. The van der Waals surface area contributed by atoms with Crippen molar-refractivity contribution < 1.29 is 22.4 Å². The van der Waals surface area contributed by atoms with E-state index in [1.807, 2.05) is 0 Å². The van der Waals surface area contributed by atoms with E-state index in [2.05, 4.69) is 5.32 Å². The number of rotatable bonds is 6. The molecule has 1 aliphatic carbocycles. The summed E-state index contributed by atoms with van der Waals surface area (Å²) >= 11 is 0. The monoisotopic (exact) mass is 453 g/mol. The molecule has 7 nitrogen and oxygen atoms in total. The van der Waals surface area contributed by atoms with E-state index < -0.39 is 33.2 Å². The molecule has 2 amide bonds. The molecule has 0 aromatic heterocycles. The summed E-state index contributed by atoms with van der Waals surface area (Å²) in [6.07, 6.45) is 5.28. The first-order valence-electron chi connectivity index (χ1n) is 11.0. The van der Waals surface area contributed by atoms with Crippen LogP contribution in [0.1, 0.15) is 57.9 Å². The summed E-state index contributed by atoms with van der Waals surface area (Å²) in [6.45, 7) is 4.39. The van der Waals surface area contributed by atoms with Gasteiger partial charge in [-0.05, 0) is 50.8 Å². The van der Waals surface area contributed by atoms with E-state index in [1.54, 1.807) is 32.9 Å². The molecule has 0 radical (unpaired) electrons. The molecule has 0 spiro atoms. The van der Waals surface area contributed by atoms with E-state index in [4.69, 9.17) is 0 Å². The number of anilines is 1. The van der Waals surface area contributed by atoms with Gasteiger partial charge in [0.05, 0.1) is 12.3 Å². The molecule has 0 bridgehead atoms. The quantitative estimate of drug-likeness (QED) is 0.718. The molecule has 2 fully saturated rings. The van der Waals surface area contributed by atoms with E-state index in [1.165, 1.54) is 11.0 Å². The van der Waals surface area contributed by atoms with Gasteiger partial charge in [0.25, 0.3) is 0 Å². The third kappa shape index (κ3) is 4.92. The summed E-state index contributed by atoms with van der Waals surface area (Å²) in [4.78, 5) is 27.9. The zero-order valence-corrected chi connectivity index (χ0v) is 19.3. The Bertz CT molecular complexity index is 946. The van der Waals surface area contributed by atoms with Crippen molar-refractivity contribution in [3.8, 4) is 0 Å². The third-order valence-electron chi connectivity index (χ3n) is 6.24. The second kappa shape index (κ2) is 9.24. The number of carbonyl (C=O) groups is 2. The third-order valence-corrected chi connectivity index (χ3v) is 8.21. The lowest BCUT2D eigenvalue weighted by Crippen LogP contribution is -2.71. The average Bonchev–Trinajstić information content (AvgIpc) is 2.71. The Labute approximate surface area is 184 Å². The van der Waals surface area contributed by atoms with Crippen molar-refractivity contribution in [3.63, 3.8) is 0 Å². The van der Waals surface area contributed by atoms with Gasteiger partial charge in [-0.3, -0.25) is 14.5 Å². The Kier molecular flexibility index (Phi) is 7.05. The maximum atomic E-state index is 14.3. The fourth-order valence-corrected chi connectivity index (χ4v) is 5.99. The van der Waals surface area contributed by atoms with Crippen LogP contribution in [0.25, 0.3) is 0 Å². The predicted octanol–water partition coefficient (Wildman–Crippen LogP) is 2.73. The molecule has 3 rings (SSSR count). The van der Waals surface area contributed by atoms with Gasteiger partial charge >= 0.3 is 0 Å². The number of nitrogens with one attached hydrogen (secondary N) is 1. The number of amides is 2. The van der Waals surface area contributed by atoms with Crippen molar-refractivity contribution in [2.24, 2.45) is 0 Å². The van der Waals surface area contributed by atoms with E-state index in [0.29, 0.717) is 12.0 Å². The highest BCUT2D eigenvalue weighted by molar-refractivity contribution is 7.89. The number of hydrogen-bond acceptors (Lipinski definition) is 4. The molecule has 1 aromatic rings. The van der Waals surface area contributed by atoms with Gasteiger partial charge in [-0.2, -0.15) is 4.31 Å². The molecule has 1 aliphatic heterocycles. The van der Waals surface area contributed by atoms with Crippen molar-refractivity contribution >= 4 is 27.5 Å². The highest BCUT2D eigenvalue weighted by Gasteiger charge is 2.51. The summed E-state index contributed by atoms with van der Waals surface area (Å²) in [5, 5.41) is 3.03. The number of aryl methyl sites for hydroxylation is 1. The van der Waals surface area contributed by atoms with E-state index in [9.17, 15) is 22.4 Å². The molecule has 1 saturated carbocycles. The van der Waals surface area contributed by atoms with Gasteiger partial charge in [-0.1, -0.05) is 32.3 Å². The van der Waals surface area contributed by atoms with Gasteiger partial charge in [0, 0.05) is 18.3 Å². The van der Waals surface area contributed by atoms with Gasteiger partial charge in [-0.15, -0.1) is 0 Å². The van der Waals surface area contributed by atoms with Crippen molar-refractivity contribution in [2.45, 2.75) is 70.9 Å². The number of benzene rings is 1. The van der Waals surface area contributed by atoms with Crippen molar-refractivity contribution in [3.05, 3.63) is 29.6 Å². The maximum Gasteiger partial charge on any atom is 0.247 e. The number of sulfonamides is 1. The van der Waals surface area contributed by atoms with Crippen LogP contribution in [-0.2, 0) is 19.6 Å². The Morgan fingerprint density at radius 2 is 1.94 bits per heavy atom. The van der Waals surface area contributed by atoms with Crippen LogP contribution < -0.4 is 10.2 Å². The highest BCUT2D eigenvalue weighted by atomic mass is 32.2. The van der Waals surface area contributed by atoms with Crippen LogP contribution in [0.2, 0.25) is 0 Å². The molecule has 0 unspecified atom stereocenters. The van der Waals surface area contributed by atoms with Crippen molar-refractivity contribution in [1.29, 1.82) is 0 Å². The molecule has 9 heteroatoms. The molecule has 1 saturated heterocycles. The van der Waals surface area contributed by atoms with Gasteiger partial charge in [0.15, 0.2) is 0 Å². The Morgan fingerprint density at radius 3 is 2.55 bits per heavy atom. The molecule has 172 valence electrons. The fourth-order valence-electron chi connectivity index (χ4n) is 4.46. The smallest absolute Gasteiger partial charge is 0.247 e. The lowest BCUT2D eigenvalue weighted by molar-refractivity contribution is -0.133. The van der Waals surface area contributed by atoms with Gasteiger partial charge in [-0.25, -0.2) is 12.8 Å². The van der Waals surface area contributed by atoms with Crippen LogP contribution in [0, 0.1) is 12.7 Å². The summed E-state index contributed by atoms with van der Waals surface area (Å²) < 4.78 is 40.9. The first kappa shape index (κ1) is 23.7. The van der Waals surface area contributed by atoms with E-state index in [0.717, 1.165) is 36.4 Å². The van der Waals surface area contributed by atoms with Crippen LogP contribution in [0.4, 0.5) is 10.1 Å². The minimum atomic E-state index is -3.69. The zero-order chi connectivity index (χ0) is 22.8. The number of halogens is 1. The van der Waals surface area contributed by atoms with Crippen molar-refractivity contribution in [1.82, 2.24) is 9.62 Å². The van der Waals surface area contributed by atoms with Gasteiger partial charge < -0.3 is 5.32 Å². The molecule has 1 heterocycles. The Balaban J connectivity index is 1.99. The number of carbonyl (C=O) groups excluding carboxylic acids is 2. The number of hydrogen-bond donors (Lipinski definition) is 1. The minimum absolute atomic E-state index is 0.00703. The van der Waals surface area contributed by atoms with Crippen LogP contribution in [-0.4, -0.2) is 55.0 Å². The van der Waals surface area contributed by atoms with Crippen LogP contribution in [0.3, 0.4) is 0 Å². The van der Waals surface area contributed by atoms with E-state index in [-0.39, 0.29) is 30.6 Å². The van der Waals surface area contributed by atoms with Crippen LogP contribution in [0.5, 0.6) is 0 Å². The minimum Gasteiger partial charge on any atom is -0.351 e. The first-order valence-corrected chi connectivity index (χ1v) is 12.6. The van der Waals surface area contributed by atoms with Crippen LogP contribution >= 0.6 is 0 Å². The summed E-state index contributed by atoms with van der Waals surface area (Å²) in [6, 6.07) is 4.37. The summed E-state index contributed by atoms with van der Waals surface area (Å²) in [5.74, 6) is -1.54. The Morgan fingerprint density at radius 1 is 1.26 bits per heavy atom. The summed E-state index contributed by atoms with van der Waals surface area (Å²) in [5.41, 5.74) is -0.814. The second-order valence-corrected chi connectivity index (χ2v) is 10.9. The Hall–Kier alpha value is -2.00. The fraction of sp³-hybridized carbons (Fsp3) is 0.636. The maximum absolute atomic E-state index is 14.3. The second-order valence-electron chi connectivity index (χ2n) is 8.83. The standard InChI is InChI=1S/C22H32FN3O4S/c1-4-12-31(29,30)25-14-20(27)26(18-11-10-16(2)19(23)13-18)22(3,15-25)21(28)24-17-8-6-5-7-9-17/h10-11,13,17H,4-9,12,14-15H2,1-3H3,(H,24,28)/t22-/m1/s1. The van der Waals surface area contributed by atoms with Gasteiger partial charge in [0.1, 0.15) is 11.4 Å². The number of nitrogens with zero attached hydrogens (tertiary/aromatic N) is 2. The predicted molar refractivity (Wildman–Crippen MR) is 118 cm³/mol. The molecule has 1 N–H and O–H groups in total. The topological polar surface area (TPSA) is 86.8 Å². The lowest BCUT2D eigenvalue weighted by atomic mass is 9.91. The molecule has 31 heavy (non-hydrogen) atoms. The lowest BCUT2D eigenvalue weighted by Gasteiger charge is -2.47. The molecular formula is C22H32FN3O4S. The van der Waals surface area contributed by atoms with E-state index >= 15 is 0 Å². The van der Waals surface area contributed by atoms with Crippen LogP contribution in [0.15, 0.2) is 18.2 Å². The van der Waals surface area contributed by atoms with Gasteiger partial charge in [0.2, 0.25) is 21.8 Å².